The lowest BCUT2D eigenvalue weighted by molar-refractivity contribution is 0.00578. The molecule has 0 unspecified atom stereocenters. The van der Waals surface area contributed by atoms with Gasteiger partial charge in [-0.2, -0.15) is 0 Å². The predicted octanol–water partition coefficient (Wildman–Crippen LogP) is 4.82. The molecule has 0 amide bonds. The summed E-state index contributed by atoms with van der Waals surface area (Å²) in [7, 11) is -0.991. The van der Waals surface area contributed by atoms with Crippen molar-refractivity contribution in [3.05, 3.63) is 60.0 Å². The van der Waals surface area contributed by atoms with Crippen molar-refractivity contribution >= 4 is 13.2 Å². The molecule has 0 radical (unpaired) electrons. The number of hydrogen-bond donors (Lipinski definition) is 0. The molecule has 0 aliphatic carbocycles. The zero-order chi connectivity index (χ0) is 18.1. The van der Waals surface area contributed by atoms with Gasteiger partial charge in [-0.05, 0) is 57.5 Å². The third-order valence-corrected chi connectivity index (χ3v) is 4.52. The summed E-state index contributed by atoms with van der Waals surface area (Å²) < 4.78 is 31.5. The van der Waals surface area contributed by atoms with Crippen LogP contribution >= 0.6 is 0 Å². The summed E-state index contributed by atoms with van der Waals surface area (Å²) >= 11 is 0. The number of pyridine rings is 1. The van der Waals surface area contributed by atoms with E-state index in [1.165, 1.54) is 6.08 Å². The van der Waals surface area contributed by atoms with Gasteiger partial charge in [0, 0.05) is 12.3 Å². The summed E-state index contributed by atoms with van der Waals surface area (Å²) in [6.07, 6.45) is 3.07. The van der Waals surface area contributed by atoms with Gasteiger partial charge in [-0.3, -0.25) is 0 Å². The highest BCUT2D eigenvalue weighted by molar-refractivity contribution is 6.54. The van der Waals surface area contributed by atoms with Gasteiger partial charge in [-0.15, -0.1) is 0 Å². The second kappa shape index (κ2) is 6.62. The van der Waals surface area contributed by atoms with Gasteiger partial charge in [0.05, 0.1) is 11.2 Å². The molecular formula is C19H21BFNO3. The molecule has 4 nitrogen and oxygen atoms in total. The molecular weight excluding hydrogens is 320 g/mol. The van der Waals surface area contributed by atoms with Crippen LogP contribution in [0.25, 0.3) is 6.08 Å². The van der Waals surface area contributed by atoms with Crippen molar-refractivity contribution in [1.82, 2.24) is 4.98 Å². The van der Waals surface area contributed by atoms with Crippen LogP contribution in [0.3, 0.4) is 0 Å². The van der Waals surface area contributed by atoms with Crippen LogP contribution in [0, 0.1) is 0 Å². The first-order valence-electron chi connectivity index (χ1n) is 8.18. The Morgan fingerprint density at radius 3 is 2.24 bits per heavy atom. The fourth-order valence-corrected chi connectivity index (χ4v) is 2.34. The van der Waals surface area contributed by atoms with Crippen LogP contribution < -0.4 is 4.74 Å². The summed E-state index contributed by atoms with van der Waals surface area (Å²) in [5, 5.41) is 0. The van der Waals surface area contributed by atoms with E-state index in [1.807, 2.05) is 39.8 Å². The van der Waals surface area contributed by atoms with Gasteiger partial charge in [0.25, 0.3) is 0 Å². The van der Waals surface area contributed by atoms with Crippen LogP contribution in [-0.2, 0) is 9.31 Å². The molecule has 2 heterocycles. The second-order valence-electron chi connectivity index (χ2n) is 6.96. The maximum atomic E-state index is 14.5. The van der Waals surface area contributed by atoms with Gasteiger partial charge in [0.15, 0.2) is 0 Å². The van der Waals surface area contributed by atoms with Gasteiger partial charge in [0.2, 0.25) is 5.88 Å². The van der Waals surface area contributed by atoms with Crippen LogP contribution in [0.4, 0.5) is 4.39 Å². The van der Waals surface area contributed by atoms with Crippen molar-refractivity contribution in [2.24, 2.45) is 0 Å². The molecule has 25 heavy (non-hydrogen) atoms. The van der Waals surface area contributed by atoms with E-state index in [4.69, 9.17) is 14.0 Å². The lowest BCUT2D eigenvalue weighted by atomic mass is 9.87. The summed E-state index contributed by atoms with van der Waals surface area (Å²) in [5.41, 5.74) is -0.899. The minimum Gasteiger partial charge on any atom is -0.439 e. The molecule has 1 aliphatic rings. The molecule has 1 aromatic heterocycles. The Balaban J connectivity index is 1.69. The Hall–Kier alpha value is -2.18. The van der Waals surface area contributed by atoms with Gasteiger partial charge < -0.3 is 14.0 Å². The van der Waals surface area contributed by atoms with Crippen molar-refractivity contribution in [2.75, 3.05) is 0 Å². The highest BCUT2D eigenvalue weighted by Gasteiger charge is 2.53. The zero-order valence-electron chi connectivity index (χ0n) is 14.8. The van der Waals surface area contributed by atoms with E-state index in [0.29, 0.717) is 17.2 Å². The molecule has 1 aromatic carbocycles. The van der Waals surface area contributed by atoms with Crippen LogP contribution in [-0.4, -0.2) is 23.3 Å². The molecule has 1 aliphatic heterocycles. The summed E-state index contributed by atoms with van der Waals surface area (Å²) in [5.74, 6) is 1.14. The zero-order valence-corrected chi connectivity index (χ0v) is 14.8. The first kappa shape index (κ1) is 17.6. The minimum atomic E-state index is -0.991. The van der Waals surface area contributed by atoms with E-state index in [9.17, 15) is 4.39 Å². The first-order valence-corrected chi connectivity index (χ1v) is 8.18. The molecule has 130 valence electrons. The topological polar surface area (TPSA) is 40.6 Å². The number of rotatable bonds is 4. The summed E-state index contributed by atoms with van der Waals surface area (Å²) in [6, 6.07) is 12.5. The quantitative estimate of drug-likeness (QED) is 0.748. The fourth-order valence-electron chi connectivity index (χ4n) is 2.34. The Morgan fingerprint density at radius 2 is 1.68 bits per heavy atom. The largest absolute Gasteiger partial charge is 0.525 e. The van der Waals surface area contributed by atoms with Gasteiger partial charge >= 0.3 is 7.12 Å². The molecule has 0 bridgehead atoms. The Bertz CT molecular complexity index is 744. The molecule has 6 heteroatoms. The van der Waals surface area contributed by atoms with Gasteiger partial charge in [0.1, 0.15) is 11.5 Å². The molecule has 0 atom stereocenters. The number of benzene rings is 1. The van der Waals surface area contributed by atoms with E-state index >= 15 is 0 Å². The second-order valence-corrected chi connectivity index (χ2v) is 6.96. The predicted molar refractivity (Wildman–Crippen MR) is 95.9 cm³/mol. The first-order chi connectivity index (χ1) is 11.8. The van der Waals surface area contributed by atoms with Crippen LogP contribution in [0.15, 0.2) is 54.4 Å². The average Bonchev–Trinajstić information content (AvgIpc) is 2.78. The molecule has 2 aromatic rings. The molecule has 0 saturated carbocycles. The smallest absolute Gasteiger partial charge is 0.439 e. The SMILES string of the molecule is CC1(C)OB(C(F)=Cc2ccc(Oc3ccccn3)cc2)OC1(C)C. The Morgan fingerprint density at radius 1 is 1.04 bits per heavy atom. The monoisotopic (exact) mass is 341 g/mol. The summed E-state index contributed by atoms with van der Waals surface area (Å²) in [6.45, 7) is 7.57. The molecule has 0 N–H and O–H groups in total. The van der Waals surface area contributed by atoms with E-state index in [-0.39, 0.29) is 0 Å². The fraction of sp³-hybridized carbons (Fsp3) is 0.316. The summed E-state index contributed by atoms with van der Waals surface area (Å²) in [4.78, 5) is 4.10. The third-order valence-electron chi connectivity index (χ3n) is 4.52. The lowest BCUT2D eigenvalue weighted by Gasteiger charge is -2.32. The highest BCUT2D eigenvalue weighted by atomic mass is 19.1. The number of ether oxygens (including phenoxy) is 1. The van der Waals surface area contributed by atoms with Gasteiger partial charge in [-0.25, -0.2) is 9.37 Å². The van der Waals surface area contributed by atoms with Gasteiger partial charge in [-0.1, -0.05) is 18.2 Å². The normalized spacial score (nSPS) is 19.1. The van der Waals surface area contributed by atoms with Crippen molar-refractivity contribution < 1.29 is 18.4 Å². The minimum absolute atomic E-state index is 0.461. The van der Waals surface area contributed by atoms with Crippen molar-refractivity contribution in [3.63, 3.8) is 0 Å². The third kappa shape index (κ3) is 3.91. The number of hydrogen-bond acceptors (Lipinski definition) is 4. The standard InChI is InChI=1S/C19H21BFNO3/c1-18(2)19(3,4)25-20(24-18)16(21)13-14-8-10-15(11-9-14)23-17-7-5-6-12-22-17/h5-13H,1-4H3. The highest BCUT2D eigenvalue weighted by Crippen LogP contribution is 2.39. The van der Waals surface area contributed by atoms with E-state index in [0.717, 1.165) is 0 Å². The molecule has 0 spiro atoms. The van der Waals surface area contributed by atoms with Crippen molar-refractivity contribution in [2.45, 2.75) is 38.9 Å². The number of nitrogens with zero attached hydrogens (tertiary/aromatic N) is 1. The maximum Gasteiger partial charge on any atom is 0.525 e. The van der Waals surface area contributed by atoms with E-state index in [2.05, 4.69) is 4.98 Å². The molecule has 1 fully saturated rings. The maximum absolute atomic E-state index is 14.5. The molecule has 1 saturated heterocycles. The van der Waals surface area contributed by atoms with Crippen molar-refractivity contribution in [1.29, 1.82) is 0 Å². The average molecular weight is 341 g/mol. The Kier molecular flexibility index (Phi) is 4.67. The Labute approximate surface area is 147 Å². The van der Waals surface area contributed by atoms with Crippen LogP contribution in [0.5, 0.6) is 11.6 Å². The van der Waals surface area contributed by atoms with Crippen LogP contribution in [0.1, 0.15) is 33.3 Å². The van der Waals surface area contributed by atoms with E-state index < -0.39 is 24.0 Å². The number of halogens is 1. The number of aromatic nitrogens is 1. The van der Waals surface area contributed by atoms with Crippen LogP contribution in [0.2, 0.25) is 0 Å². The van der Waals surface area contributed by atoms with Crippen molar-refractivity contribution in [3.8, 4) is 11.6 Å². The van der Waals surface area contributed by atoms with E-state index in [1.54, 1.807) is 36.5 Å². The molecule has 3 rings (SSSR count). The lowest BCUT2D eigenvalue weighted by Crippen LogP contribution is -2.41.